The molecule has 0 fully saturated rings. The molecule has 9 heteroatoms. The van der Waals surface area contributed by atoms with Crippen LogP contribution < -0.4 is 4.90 Å². The van der Waals surface area contributed by atoms with Gasteiger partial charge in [0.1, 0.15) is 11.3 Å². The van der Waals surface area contributed by atoms with Gasteiger partial charge in [-0.05, 0) is 30.3 Å². The number of hydrogen-bond donors (Lipinski definition) is 3. The topological polar surface area (TPSA) is 132 Å². The normalized spacial score (nSPS) is 13.1. The van der Waals surface area contributed by atoms with E-state index in [1.165, 1.54) is 12.1 Å². The first-order valence-corrected chi connectivity index (χ1v) is 7.12. The molecule has 0 radical (unpaired) electrons. The molecule has 0 saturated heterocycles. The Labute approximate surface area is 144 Å². The lowest BCUT2D eigenvalue weighted by molar-refractivity contribution is 0.0684. The first-order chi connectivity index (χ1) is 11.7. The average molecular weight is 362 g/mol. The van der Waals surface area contributed by atoms with E-state index in [2.05, 4.69) is 0 Å². The molecule has 0 aliphatic carbocycles. The Morgan fingerprint density at radius 3 is 2.16 bits per heavy atom. The van der Waals surface area contributed by atoms with Crippen LogP contribution in [0.5, 0.6) is 5.75 Å². The first kappa shape index (κ1) is 16.5. The number of halogens is 1. The standard InChI is InChI=1S/C16H8ClNO7/c17-11-5-7(4-10(12(11)19)16(24)25)18-13(20)8-2-1-6(15(22)23)3-9(8)14(18)21/h1-5,19H,(H,22,23)(H,24,25). The Hall–Kier alpha value is -3.39. The molecule has 0 spiro atoms. The van der Waals surface area contributed by atoms with Crippen LogP contribution in [-0.2, 0) is 0 Å². The number of carboxylic acid groups (broad SMARTS) is 2. The summed E-state index contributed by atoms with van der Waals surface area (Å²) in [6.45, 7) is 0. The molecule has 0 saturated carbocycles. The van der Waals surface area contributed by atoms with Gasteiger partial charge in [-0.1, -0.05) is 11.6 Å². The van der Waals surface area contributed by atoms with Crippen molar-refractivity contribution in [3.63, 3.8) is 0 Å². The summed E-state index contributed by atoms with van der Waals surface area (Å²) in [5.41, 5.74) is -1.03. The second kappa shape index (κ2) is 5.60. The van der Waals surface area contributed by atoms with E-state index in [0.29, 0.717) is 4.90 Å². The first-order valence-electron chi connectivity index (χ1n) is 6.74. The van der Waals surface area contributed by atoms with Crippen molar-refractivity contribution in [2.45, 2.75) is 0 Å². The lowest BCUT2D eigenvalue weighted by atomic mass is 10.1. The number of hydrogen-bond acceptors (Lipinski definition) is 5. The van der Waals surface area contributed by atoms with Crippen molar-refractivity contribution in [3.8, 4) is 5.75 Å². The smallest absolute Gasteiger partial charge is 0.339 e. The number of carbonyl (C=O) groups is 4. The van der Waals surface area contributed by atoms with Crippen LogP contribution in [0.3, 0.4) is 0 Å². The van der Waals surface area contributed by atoms with E-state index in [-0.39, 0.29) is 27.4 Å². The maximum Gasteiger partial charge on any atom is 0.339 e. The van der Waals surface area contributed by atoms with Crippen molar-refractivity contribution in [1.29, 1.82) is 0 Å². The second-order valence-electron chi connectivity index (χ2n) is 5.14. The number of aromatic hydroxyl groups is 1. The molecule has 0 bridgehead atoms. The highest BCUT2D eigenvalue weighted by atomic mass is 35.5. The number of imide groups is 1. The summed E-state index contributed by atoms with van der Waals surface area (Å²) in [5, 5.41) is 27.4. The minimum Gasteiger partial charge on any atom is -0.505 e. The van der Waals surface area contributed by atoms with Gasteiger partial charge >= 0.3 is 11.9 Å². The SMILES string of the molecule is O=C(O)c1ccc2c(c1)C(=O)N(c1cc(Cl)c(O)c(C(=O)O)c1)C2=O. The van der Waals surface area contributed by atoms with Gasteiger partial charge < -0.3 is 15.3 Å². The largest absolute Gasteiger partial charge is 0.505 e. The highest BCUT2D eigenvalue weighted by Crippen LogP contribution is 2.36. The van der Waals surface area contributed by atoms with E-state index in [1.54, 1.807) is 0 Å². The number of fused-ring (bicyclic) bond motifs is 1. The molecule has 0 atom stereocenters. The van der Waals surface area contributed by atoms with Crippen molar-refractivity contribution in [3.05, 3.63) is 57.6 Å². The van der Waals surface area contributed by atoms with Crippen LogP contribution in [0.15, 0.2) is 30.3 Å². The van der Waals surface area contributed by atoms with E-state index in [4.69, 9.17) is 21.8 Å². The molecule has 0 aromatic heterocycles. The highest BCUT2D eigenvalue weighted by Gasteiger charge is 2.38. The quantitative estimate of drug-likeness (QED) is 0.714. The van der Waals surface area contributed by atoms with Gasteiger partial charge in [0.05, 0.1) is 27.4 Å². The van der Waals surface area contributed by atoms with Gasteiger partial charge in [0.25, 0.3) is 11.8 Å². The van der Waals surface area contributed by atoms with Crippen molar-refractivity contribution < 1.29 is 34.5 Å². The number of anilines is 1. The fraction of sp³-hybridized carbons (Fsp3) is 0. The Morgan fingerprint density at radius 2 is 1.56 bits per heavy atom. The molecule has 8 nitrogen and oxygen atoms in total. The van der Waals surface area contributed by atoms with Crippen LogP contribution in [0, 0.1) is 0 Å². The van der Waals surface area contributed by atoms with Crippen LogP contribution in [0.4, 0.5) is 5.69 Å². The van der Waals surface area contributed by atoms with Gasteiger partial charge in [-0.15, -0.1) is 0 Å². The third-order valence-corrected chi connectivity index (χ3v) is 3.96. The number of amides is 2. The van der Waals surface area contributed by atoms with Gasteiger partial charge in [-0.2, -0.15) is 0 Å². The maximum absolute atomic E-state index is 12.5. The van der Waals surface area contributed by atoms with Gasteiger partial charge in [-0.25, -0.2) is 14.5 Å². The minimum absolute atomic E-state index is 0.0175. The number of rotatable bonds is 3. The Balaban J connectivity index is 2.14. The third-order valence-electron chi connectivity index (χ3n) is 3.67. The van der Waals surface area contributed by atoms with Crippen LogP contribution in [-0.4, -0.2) is 39.1 Å². The zero-order valence-electron chi connectivity index (χ0n) is 12.2. The Morgan fingerprint density at radius 1 is 0.920 bits per heavy atom. The summed E-state index contributed by atoms with van der Waals surface area (Å²) >= 11 is 5.77. The lowest BCUT2D eigenvalue weighted by Crippen LogP contribution is -2.29. The van der Waals surface area contributed by atoms with Crippen LogP contribution in [0.2, 0.25) is 5.02 Å². The second-order valence-corrected chi connectivity index (χ2v) is 5.55. The molecule has 3 rings (SSSR count). The molecule has 2 aromatic carbocycles. The van der Waals surface area contributed by atoms with Crippen molar-refractivity contribution in [2.75, 3.05) is 4.90 Å². The summed E-state index contributed by atoms with van der Waals surface area (Å²) < 4.78 is 0. The van der Waals surface area contributed by atoms with Crippen LogP contribution >= 0.6 is 11.6 Å². The number of benzene rings is 2. The lowest BCUT2D eigenvalue weighted by Gasteiger charge is -2.15. The maximum atomic E-state index is 12.5. The minimum atomic E-state index is -1.49. The summed E-state index contributed by atoms with van der Waals surface area (Å²) in [6.07, 6.45) is 0. The van der Waals surface area contributed by atoms with Crippen molar-refractivity contribution in [1.82, 2.24) is 0 Å². The molecule has 126 valence electrons. The van der Waals surface area contributed by atoms with Crippen molar-refractivity contribution in [2.24, 2.45) is 0 Å². The van der Waals surface area contributed by atoms with Gasteiger partial charge in [0.15, 0.2) is 0 Å². The zero-order valence-corrected chi connectivity index (χ0v) is 12.9. The van der Waals surface area contributed by atoms with Gasteiger partial charge in [0.2, 0.25) is 0 Å². The summed E-state index contributed by atoms with van der Waals surface area (Å²) in [4.78, 5) is 47.9. The number of carbonyl (C=O) groups excluding carboxylic acids is 2. The Kier molecular flexibility index (Phi) is 3.69. The van der Waals surface area contributed by atoms with E-state index >= 15 is 0 Å². The molecule has 25 heavy (non-hydrogen) atoms. The van der Waals surface area contributed by atoms with Crippen LogP contribution in [0.25, 0.3) is 0 Å². The van der Waals surface area contributed by atoms with E-state index in [9.17, 15) is 24.3 Å². The number of phenols is 1. The molecule has 0 unspecified atom stereocenters. The number of carboxylic acids is 2. The third kappa shape index (κ3) is 2.48. The number of aromatic carboxylic acids is 2. The molecule has 2 amide bonds. The van der Waals surface area contributed by atoms with Crippen LogP contribution in [0.1, 0.15) is 41.4 Å². The van der Waals surface area contributed by atoms with Gasteiger partial charge in [0, 0.05) is 0 Å². The van der Waals surface area contributed by atoms with Crippen molar-refractivity contribution >= 4 is 41.0 Å². The predicted molar refractivity (Wildman–Crippen MR) is 84.6 cm³/mol. The predicted octanol–water partition coefficient (Wildman–Crippen LogP) is 2.24. The molecule has 1 aliphatic heterocycles. The van der Waals surface area contributed by atoms with Gasteiger partial charge in [-0.3, -0.25) is 9.59 Å². The highest BCUT2D eigenvalue weighted by molar-refractivity contribution is 6.36. The molecular weight excluding hydrogens is 354 g/mol. The molecule has 2 aromatic rings. The summed E-state index contributed by atoms with van der Waals surface area (Å²) in [6, 6.07) is 5.46. The fourth-order valence-electron chi connectivity index (χ4n) is 2.49. The molecule has 1 aliphatic rings. The molecule has 1 heterocycles. The summed E-state index contributed by atoms with van der Waals surface area (Å²) in [7, 11) is 0. The molecule has 3 N–H and O–H groups in total. The average Bonchev–Trinajstić information content (AvgIpc) is 2.80. The zero-order chi connectivity index (χ0) is 18.5. The monoisotopic (exact) mass is 361 g/mol. The summed E-state index contributed by atoms with van der Waals surface area (Å²) in [5.74, 6) is -5.02. The Bertz CT molecular complexity index is 983. The van der Waals surface area contributed by atoms with E-state index < -0.39 is 35.1 Å². The molecular formula is C16H8ClNO7. The fourth-order valence-corrected chi connectivity index (χ4v) is 2.70. The van der Waals surface area contributed by atoms with E-state index in [0.717, 1.165) is 18.2 Å². The van der Waals surface area contributed by atoms with E-state index in [1.807, 2.05) is 0 Å². The number of nitrogens with zero attached hydrogens (tertiary/aromatic N) is 1.